The van der Waals surface area contributed by atoms with Crippen LogP contribution in [0.5, 0.6) is 5.75 Å². The zero-order chi connectivity index (χ0) is 14.0. The molecule has 0 spiro atoms. The first-order chi connectivity index (χ1) is 9.07. The lowest BCUT2D eigenvalue weighted by molar-refractivity contribution is 0.342. The van der Waals surface area contributed by atoms with Crippen LogP contribution in [0.3, 0.4) is 0 Å². The van der Waals surface area contributed by atoms with Gasteiger partial charge in [-0.1, -0.05) is 76.7 Å². The quantitative estimate of drug-likeness (QED) is 0.468. The third-order valence-electron chi connectivity index (χ3n) is 2.58. The molecule has 0 amide bonds. The first kappa shape index (κ1) is 14.8. The fourth-order valence-corrected chi connectivity index (χ4v) is 2.75. The van der Waals surface area contributed by atoms with Crippen LogP contribution >= 0.6 is 46.4 Å². The second-order valence-corrected chi connectivity index (χ2v) is 5.27. The van der Waals surface area contributed by atoms with Crippen molar-refractivity contribution in [1.82, 2.24) is 0 Å². The van der Waals surface area contributed by atoms with E-state index < -0.39 is 0 Å². The second-order valence-electron chi connectivity index (χ2n) is 3.76. The average Bonchev–Trinajstić information content (AvgIpc) is 2.44. The van der Waals surface area contributed by atoms with Gasteiger partial charge in [-0.3, -0.25) is 0 Å². The Balaban J connectivity index is 2.78. The highest BCUT2D eigenvalue weighted by Gasteiger charge is 2.22. The van der Waals surface area contributed by atoms with Crippen LogP contribution in [0.2, 0.25) is 20.1 Å². The molecule has 0 atom stereocenters. The minimum Gasteiger partial charge on any atom is -0.492 e. The molecule has 0 N–H and O–H groups in total. The van der Waals surface area contributed by atoms with Gasteiger partial charge in [-0.15, -0.1) is 0 Å². The lowest BCUT2D eigenvalue weighted by Gasteiger charge is -2.16. The molecule has 0 heterocycles. The van der Waals surface area contributed by atoms with Crippen molar-refractivity contribution >= 4 is 46.4 Å². The van der Waals surface area contributed by atoms with Crippen molar-refractivity contribution in [3.63, 3.8) is 0 Å². The summed E-state index contributed by atoms with van der Waals surface area (Å²) in [5.74, 6) is 0.453. The smallest absolute Gasteiger partial charge is 0.148 e. The van der Waals surface area contributed by atoms with Crippen molar-refractivity contribution in [3.8, 4) is 16.9 Å². The van der Waals surface area contributed by atoms with Crippen LogP contribution in [0.4, 0.5) is 0 Å². The molecule has 2 aromatic rings. The summed E-state index contributed by atoms with van der Waals surface area (Å²) < 4.78 is 5.58. The molecule has 0 aliphatic heterocycles. The Bertz CT molecular complexity index is 596. The van der Waals surface area contributed by atoms with Gasteiger partial charge >= 0.3 is 0 Å². The lowest BCUT2D eigenvalue weighted by atomic mass is 10.0. The summed E-state index contributed by atoms with van der Waals surface area (Å²) in [6.07, 6.45) is 0. The first-order valence-corrected chi connectivity index (χ1v) is 7.13. The highest BCUT2D eigenvalue weighted by Crippen LogP contribution is 2.49. The largest absolute Gasteiger partial charge is 0.492 e. The molecule has 0 saturated heterocycles. The Morgan fingerprint density at radius 1 is 0.842 bits per heavy atom. The standard InChI is InChI=1S/C14H10Cl4O/c1-2-19-14-9(8-6-4-3-5-7-8)10(15)11(16)12(17)13(14)18/h3-7H,2H2,1H3. The van der Waals surface area contributed by atoms with E-state index in [1.54, 1.807) is 0 Å². The minimum atomic E-state index is 0.205. The Hall–Kier alpha value is -0.600. The molecule has 19 heavy (non-hydrogen) atoms. The first-order valence-electron chi connectivity index (χ1n) is 5.62. The molecule has 100 valence electrons. The maximum atomic E-state index is 6.29. The topological polar surface area (TPSA) is 9.23 Å². The molecular weight excluding hydrogens is 326 g/mol. The molecule has 5 heteroatoms. The molecule has 0 unspecified atom stereocenters. The fraction of sp³-hybridized carbons (Fsp3) is 0.143. The van der Waals surface area contributed by atoms with Crippen molar-refractivity contribution < 1.29 is 4.74 Å². The zero-order valence-corrected chi connectivity index (χ0v) is 13.0. The summed E-state index contributed by atoms with van der Waals surface area (Å²) in [6.45, 7) is 2.31. The van der Waals surface area contributed by atoms with E-state index in [2.05, 4.69) is 0 Å². The molecule has 0 aliphatic carbocycles. The monoisotopic (exact) mass is 334 g/mol. The van der Waals surface area contributed by atoms with Crippen LogP contribution in [-0.4, -0.2) is 6.61 Å². The summed E-state index contributed by atoms with van der Waals surface area (Å²) in [5, 5.41) is 1.05. The Kier molecular flexibility index (Phi) is 4.86. The summed E-state index contributed by atoms with van der Waals surface area (Å²) in [7, 11) is 0. The normalized spacial score (nSPS) is 10.6. The van der Waals surface area contributed by atoms with Gasteiger partial charge in [-0.05, 0) is 12.5 Å². The summed E-state index contributed by atoms with van der Waals surface area (Å²) in [5.41, 5.74) is 1.53. The third-order valence-corrected chi connectivity index (χ3v) is 4.36. The van der Waals surface area contributed by atoms with Crippen LogP contribution in [0.1, 0.15) is 6.92 Å². The van der Waals surface area contributed by atoms with E-state index in [1.807, 2.05) is 37.3 Å². The molecule has 1 nitrogen and oxygen atoms in total. The Morgan fingerprint density at radius 3 is 2.00 bits per heavy atom. The molecular formula is C14H10Cl4O. The number of halogens is 4. The van der Waals surface area contributed by atoms with Crippen LogP contribution in [0.15, 0.2) is 30.3 Å². The van der Waals surface area contributed by atoms with Gasteiger partial charge in [-0.25, -0.2) is 0 Å². The number of ether oxygens (including phenoxy) is 1. The molecule has 0 bridgehead atoms. The van der Waals surface area contributed by atoms with Crippen LogP contribution < -0.4 is 4.74 Å². The van der Waals surface area contributed by atoms with Gasteiger partial charge in [-0.2, -0.15) is 0 Å². The van der Waals surface area contributed by atoms with Crippen molar-refractivity contribution in [2.24, 2.45) is 0 Å². The summed E-state index contributed by atoms with van der Waals surface area (Å²) in [6, 6.07) is 9.53. The van der Waals surface area contributed by atoms with Gasteiger partial charge in [0, 0.05) is 5.56 Å². The van der Waals surface area contributed by atoms with Crippen molar-refractivity contribution in [2.75, 3.05) is 6.61 Å². The summed E-state index contributed by atoms with van der Waals surface area (Å²) >= 11 is 24.7. The fourth-order valence-electron chi connectivity index (χ4n) is 1.75. The van der Waals surface area contributed by atoms with E-state index >= 15 is 0 Å². The molecule has 0 radical (unpaired) electrons. The van der Waals surface area contributed by atoms with Crippen molar-refractivity contribution in [1.29, 1.82) is 0 Å². The highest BCUT2D eigenvalue weighted by atomic mass is 35.5. The third kappa shape index (κ3) is 2.80. The van der Waals surface area contributed by atoms with Gasteiger partial charge in [0.05, 0.1) is 21.7 Å². The van der Waals surface area contributed by atoms with Gasteiger partial charge in [0.1, 0.15) is 10.8 Å². The van der Waals surface area contributed by atoms with Crippen molar-refractivity contribution in [3.05, 3.63) is 50.4 Å². The lowest BCUT2D eigenvalue weighted by Crippen LogP contribution is -1.97. The number of hydrogen-bond acceptors (Lipinski definition) is 1. The van der Waals surface area contributed by atoms with E-state index in [4.69, 9.17) is 51.1 Å². The zero-order valence-electron chi connectivity index (χ0n) is 10.0. The molecule has 0 saturated carbocycles. The number of rotatable bonds is 3. The van der Waals surface area contributed by atoms with E-state index in [1.165, 1.54) is 0 Å². The average molecular weight is 336 g/mol. The molecule has 2 aromatic carbocycles. The molecule has 0 fully saturated rings. The predicted molar refractivity (Wildman–Crippen MR) is 83.1 cm³/mol. The number of hydrogen-bond donors (Lipinski definition) is 0. The van der Waals surface area contributed by atoms with E-state index in [0.717, 1.165) is 5.56 Å². The van der Waals surface area contributed by atoms with Crippen LogP contribution in [-0.2, 0) is 0 Å². The summed E-state index contributed by atoms with van der Waals surface area (Å²) in [4.78, 5) is 0. The van der Waals surface area contributed by atoms with Gasteiger partial charge in [0.25, 0.3) is 0 Å². The van der Waals surface area contributed by atoms with E-state index in [-0.39, 0.29) is 15.1 Å². The van der Waals surface area contributed by atoms with E-state index in [9.17, 15) is 0 Å². The SMILES string of the molecule is CCOc1c(Cl)c(Cl)c(Cl)c(Cl)c1-c1ccccc1. The van der Waals surface area contributed by atoms with Gasteiger partial charge in [0.15, 0.2) is 0 Å². The Morgan fingerprint density at radius 2 is 1.42 bits per heavy atom. The predicted octanol–water partition coefficient (Wildman–Crippen LogP) is 6.37. The molecule has 0 aliphatic rings. The van der Waals surface area contributed by atoms with Gasteiger partial charge < -0.3 is 4.74 Å². The molecule has 0 aromatic heterocycles. The Labute approximate surface area is 132 Å². The van der Waals surface area contributed by atoms with Gasteiger partial charge in [0.2, 0.25) is 0 Å². The van der Waals surface area contributed by atoms with Crippen LogP contribution in [0, 0.1) is 0 Å². The van der Waals surface area contributed by atoms with Crippen molar-refractivity contribution in [2.45, 2.75) is 6.92 Å². The number of benzene rings is 2. The van der Waals surface area contributed by atoms with E-state index in [0.29, 0.717) is 22.9 Å². The maximum Gasteiger partial charge on any atom is 0.148 e. The van der Waals surface area contributed by atoms with Crippen LogP contribution in [0.25, 0.3) is 11.1 Å². The highest BCUT2D eigenvalue weighted by molar-refractivity contribution is 6.53. The second kappa shape index (κ2) is 6.23. The molecule has 2 rings (SSSR count). The maximum absolute atomic E-state index is 6.29. The minimum absolute atomic E-state index is 0.205.